The average Bonchev–Trinajstić information content (AvgIpc) is 3.17. The van der Waals surface area contributed by atoms with Crippen molar-refractivity contribution in [3.8, 4) is 0 Å². The molecule has 3 heterocycles. The predicted molar refractivity (Wildman–Crippen MR) is 297 cm³/mol. The normalized spacial score (nSPS) is 40.4. The molecule has 3 fully saturated rings. The van der Waals surface area contributed by atoms with Gasteiger partial charge in [-0.3, -0.25) is 9.59 Å². The van der Waals surface area contributed by atoms with Crippen molar-refractivity contribution in [2.24, 2.45) is 23.7 Å². The molecule has 14 nitrogen and oxygen atoms in total. The number of methoxy groups -OCH3 is 1. The molecule has 9 unspecified atom stereocenters. The molecule has 3 aliphatic heterocycles. The summed E-state index contributed by atoms with van der Waals surface area (Å²) < 4.78 is 77.7. The van der Waals surface area contributed by atoms with Crippen LogP contribution in [-0.2, 0) is 60.1 Å². The van der Waals surface area contributed by atoms with Crippen LogP contribution in [-0.4, -0.2) is 164 Å². The van der Waals surface area contributed by atoms with Crippen molar-refractivity contribution in [1.29, 1.82) is 0 Å². The monoisotopic (exact) mass is 1090 g/mol. The lowest BCUT2D eigenvalue weighted by molar-refractivity contribution is -0.314. The van der Waals surface area contributed by atoms with Gasteiger partial charge in [0.05, 0.1) is 53.7 Å². The molecule has 0 amide bonds. The number of nitrogens with zero attached hydrogens (tertiary/aromatic N) is 1. The van der Waals surface area contributed by atoms with Gasteiger partial charge in [0, 0.05) is 37.3 Å². The molecule has 3 saturated heterocycles. The zero-order valence-corrected chi connectivity index (χ0v) is 55.2. The number of cyclic esters (lactones) is 1. The number of ether oxygens (including phenoxy) is 6. The van der Waals surface area contributed by atoms with E-state index < -0.39 is 137 Å². The van der Waals surface area contributed by atoms with E-state index in [1.54, 1.807) is 7.11 Å². The van der Waals surface area contributed by atoms with Crippen LogP contribution in [0.1, 0.15) is 94.9 Å². The SMILES string of the molecule is CC[C@H]1OC(=O)[C@H](C)[C@@H](OC2CC(C)(OC)C(O[Si](C)(C)C)C(C)O2)[C@H](C)[C@@H](OC2OC(C)CC(N(C)C)C2O[Si](C)(C)C)[C@@](C)(O[Si](C)(C)C)C[C@@H](C)C(=O)[C@H](C)C(O[Si](C)(C)C)[C@]1(C)O[Si](C)(C)C. The quantitative estimate of drug-likeness (QED) is 0.101. The van der Waals surface area contributed by atoms with Gasteiger partial charge >= 0.3 is 5.97 Å². The van der Waals surface area contributed by atoms with Crippen LogP contribution in [0.2, 0.25) is 98.2 Å². The smallest absolute Gasteiger partial charge is 0.311 e. The first-order valence-corrected chi connectivity index (χ1v) is 43.9. The molecule has 19 heteroatoms. The van der Waals surface area contributed by atoms with Gasteiger partial charge in [-0.05, 0) is 173 Å². The third-order valence-electron chi connectivity index (χ3n) is 14.2. The summed E-state index contributed by atoms with van der Waals surface area (Å²) in [5, 5.41) is 0. The number of rotatable bonds is 17. The molecule has 3 aliphatic rings. The van der Waals surface area contributed by atoms with Gasteiger partial charge in [0.25, 0.3) is 0 Å². The Morgan fingerprint density at radius 1 is 0.620 bits per heavy atom. The Morgan fingerprint density at radius 3 is 1.61 bits per heavy atom. The van der Waals surface area contributed by atoms with Crippen molar-refractivity contribution < 1.29 is 60.1 Å². The first-order valence-electron chi connectivity index (χ1n) is 26.9. The van der Waals surface area contributed by atoms with Crippen molar-refractivity contribution in [2.75, 3.05) is 21.2 Å². The van der Waals surface area contributed by atoms with Gasteiger partial charge in [-0.2, -0.15) is 0 Å². The number of carbonyl (C=O) groups excluding carboxylic acids is 2. The minimum absolute atomic E-state index is 0.0172. The number of Topliss-reactive ketones (excluding diaryl/α,β-unsaturated/α-hetero) is 1. The zero-order valence-electron chi connectivity index (χ0n) is 50.2. The Morgan fingerprint density at radius 2 is 1.14 bits per heavy atom. The summed E-state index contributed by atoms with van der Waals surface area (Å²) in [5.41, 5.74) is -3.10. The van der Waals surface area contributed by atoms with Crippen LogP contribution in [0.4, 0.5) is 0 Å². The molecule has 0 spiro atoms. The zero-order chi connectivity index (χ0) is 55.0. The summed E-state index contributed by atoms with van der Waals surface area (Å²) >= 11 is 0. The van der Waals surface area contributed by atoms with E-state index in [2.05, 4.69) is 145 Å². The maximum Gasteiger partial charge on any atom is 0.311 e. The maximum atomic E-state index is 15.5. The first kappa shape index (κ1) is 65.1. The topological polar surface area (TPSA) is 139 Å². The van der Waals surface area contributed by atoms with E-state index in [0.29, 0.717) is 19.3 Å². The van der Waals surface area contributed by atoms with Crippen molar-refractivity contribution in [3.05, 3.63) is 0 Å². The molecule has 0 N–H and O–H groups in total. The van der Waals surface area contributed by atoms with Crippen LogP contribution >= 0.6 is 0 Å². The number of ketones is 1. The Balaban J connectivity index is 2.50. The molecule has 18 atom stereocenters. The van der Waals surface area contributed by atoms with E-state index in [4.69, 9.17) is 50.6 Å². The third kappa shape index (κ3) is 17.9. The van der Waals surface area contributed by atoms with Gasteiger partial charge in [-0.25, -0.2) is 0 Å². The number of esters is 1. The van der Waals surface area contributed by atoms with Crippen LogP contribution in [0.15, 0.2) is 0 Å². The second kappa shape index (κ2) is 24.2. The fourth-order valence-electron chi connectivity index (χ4n) is 11.6. The van der Waals surface area contributed by atoms with Crippen molar-refractivity contribution in [3.63, 3.8) is 0 Å². The minimum Gasteiger partial charge on any atom is -0.459 e. The summed E-state index contributed by atoms with van der Waals surface area (Å²) in [7, 11) is -5.65. The molecule has 0 aromatic rings. The molecule has 0 aromatic carbocycles. The van der Waals surface area contributed by atoms with Crippen molar-refractivity contribution in [2.45, 2.75) is 277 Å². The van der Waals surface area contributed by atoms with Gasteiger partial charge in [0.1, 0.15) is 23.6 Å². The molecule has 0 aromatic heterocycles. The van der Waals surface area contributed by atoms with Crippen LogP contribution in [0, 0.1) is 23.7 Å². The molecule has 0 radical (unpaired) electrons. The fraction of sp³-hybridized carbons (Fsp3) is 0.962. The van der Waals surface area contributed by atoms with Crippen molar-refractivity contribution in [1.82, 2.24) is 4.90 Å². The Hall–Kier alpha value is -0.216. The van der Waals surface area contributed by atoms with Crippen molar-refractivity contribution >= 4 is 53.3 Å². The fourth-order valence-corrected chi connectivity index (χ4v) is 18.3. The van der Waals surface area contributed by atoms with Gasteiger partial charge in [-0.15, -0.1) is 0 Å². The molecule has 3 rings (SSSR count). The Bertz CT molecular complexity index is 1730. The molecule has 0 bridgehead atoms. The average molecular weight is 1090 g/mol. The maximum absolute atomic E-state index is 15.5. The first-order chi connectivity index (χ1) is 31.9. The highest BCUT2D eigenvalue weighted by atomic mass is 28.4. The van der Waals surface area contributed by atoms with E-state index in [0.717, 1.165) is 6.42 Å². The van der Waals surface area contributed by atoms with Crippen LogP contribution in [0.3, 0.4) is 0 Å². The summed E-state index contributed by atoms with van der Waals surface area (Å²) in [4.78, 5) is 33.2. The lowest BCUT2D eigenvalue weighted by atomic mass is 9.74. The standard InChI is InChI=1S/C52H107NO13Si5/c1-29-40-52(10,66-71(26,27)28)46(63-68(17,18)19)35(4)42(54)33(2)31-51(9,65-70(23,24)25)45(61-49-44(62-67(14,15)16)39(53(11)12)30-34(3)57-49)36(5)43(37(6)48(55)59-40)60-41-32-50(8,56-13)47(38(7)58-41)64-69(20,21)22/h33-41,43-47,49H,29-32H2,1-28H3/t33-,34?,35+,36+,37-,38?,39?,40-,41?,43+,44?,45-,46?,47?,49?,50?,51+,52-/m1/s1. The van der Waals surface area contributed by atoms with E-state index in [1.165, 1.54) is 0 Å². The van der Waals surface area contributed by atoms with Crippen LogP contribution in [0.25, 0.3) is 0 Å². The summed E-state index contributed by atoms with van der Waals surface area (Å²) in [5.74, 6) is -3.07. The Kier molecular flexibility index (Phi) is 22.2. The molecule has 0 aliphatic carbocycles. The lowest BCUT2D eigenvalue weighted by Crippen LogP contribution is -2.65. The van der Waals surface area contributed by atoms with E-state index in [-0.39, 0.29) is 24.0 Å². The van der Waals surface area contributed by atoms with Gasteiger partial charge in [-0.1, -0.05) is 27.7 Å². The largest absolute Gasteiger partial charge is 0.459 e. The second-order valence-corrected chi connectivity index (χ2v) is 49.7. The molecule has 71 heavy (non-hydrogen) atoms. The second-order valence-electron chi connectivity index (χ2n) is 27.4. The highest BCUT2D eigenvalue weighted by Crippen LogP contribution is 2.45. The molecular weight excluding hydrogens is 987 g/mol. The van der Waals surface area contributed by atoms with Gasteiger partial charge in [0.2, 0.25) is 0 Å². The summed E-state index contributed by atoms with van der Waals surface area (Å²) in [6.45, 7) is 52.4. The minimum atomic E-state index is -2.48. The third-order valence-corrected chi connectivity index (χ3v) is 19.2. The van der Waals surface area contributed by atoms with Gasteiger partial charge < -0.3 is 55.5 Å². The van der Waals surface area contributed by atoms with Gasteiger partial charge in [0.15, 0.2) is 54.2 Å². The highest BCUT2D eigenvalue weighted by molar-refractivity contribution is 6.71. The number of hydrogen-bond acceptors (Lipinski definition) is 14. The predicted octanol–water partition coefficient (Wildman–Crippen LogP) is 11.1. The number of carbonyl (C=O) groups is 2. The number of hydrogen-bond donors (Lipinski definition) is 0. The molecule has 0 saturated carbocycles. The van der Waals surface area contributed by atoms with E-state index in [9.17, 15) is 0 Å². The van der Waals surface area contributed by atoms with Crippen LogP contribution < -0.4 is 0 Å². The summed E-state index contributed by atoms with van der Waals surface area (Å²) in [6, 6.07) is -0.0205. The Labute approximate surface area is 438 Å². The highest BCUT2D eigenvalue weighted by Gasteiger charge is 2.57. The van der Waals surface area contributed by atoms with E-state index >= 15 is 9.59 Å². The lowest BCUT2D eigenvalue weighted by Gasteiger charge is -2.53. The van der Waals surface area contributed by atoms with Crippen LogP contribution in [0.5, 0.6) is 0 Å². The molecule has 418 valence electrons. The summed E-state index contributed by atoms with van der Waals surface area (Å²) in [6.07, 6.45) is -4.41. The van der Waals surface area contributed by atoms with E-state index in [1.807, 2.05) is 41.5 Å². The number of likely N-dealkylation sites (N-methyl/N-ethyl adjacent to an activating group) is 1. The molecular formula is C52H107NO13Si5.